The number of nitro benzene ring substituents is 1. The maximum Gasteiger partial charge on any atom is 0.272 e. The molecular weight excluding hydrogens is 264 g/mol. The topological polar surface area (TPSA) is 55.2 Å². The van der Waals surface area contributed by atoms with Crippen LogP contribution in [0.2, 0.25) is 0 Å². The molecule has 0 aliphatic rings. The Morgan fingerprint density at radius 2 is 1.90 bits per heavy atom. The summed E-state index contributed by atoms with van der Waals surface area (Å²) in [5.74, 6) is 0.806. The van der Waals surface area contributed by atoms with Crippen LogP contribution >= 0.6 is 0 Å². The van der Waals surface area contributed by atoms with Crippen LogP contribution in [0.15, 0.2) is 18.2 Å². The van der Waals surface area contributed by atoms with Gasteiger partial charge in [-0.2, -0.15) is 0 Å². The van der Waals surface area contributed by atoms with Crippen molar-refractivity contribution in [3.8, 4) is 0 Å². The van der Waals surface area contributed by atoms with Gasteiger partial charge >= 0.3 is 0 Å². The Morgan fingerprint density at radius 3 is 2.57 bits per heavy atom. The first kappa shape index (κ1) is 17.6. The lowest BCUT2D eigenvalue weighted by Gasteiger charge is -2.07. The molecule has 0 aliphatic heterocycles. The fraction of sp³-hybridized carbons (Fsp3) is 0.647. The van der Waals surface area contributed by atoms with Gasteiger partial charge in [-0.3, -0.25) is 10.1 Å². The van der Waals surface area contributed by atoms with Crippen LogP contribution in [0, 0.1) is 23.0 Å². The highest BCUT2D eigenvalue weighted by atomic mass is 16.6. The van der Waals surface area contributed by atoms with Gasteiger partial charge in [0.05, 0.1) is 4.92 Å². The molecule has 4 nitrogen and oxygen atoms in total. The minimum Gasteiger partial charge on any atom is -0.313 e. The van der Waals surface area contributed by atoms with Gasteiger partial charge in [-0.05, 0) is 31.4 Å². The van der Waals surface area contributed by atoms with Gasteiger partial charge in [0.1, 0.15) is 0 Å². The molecular formula is C17H28N2O2. The third-order valence-electron chi connectivity index (χ3n) is 3.68. The molecule has 0 radical (unpaired) electrons. The van der Waals surface area contributed by atoms with Crippen molar-refractivity contribution in [3.63, 3.8) is 0 Å². The maximum absolute atomic E-state index is 10.9. The van der Waals surface area contributed by atoms with Gasteiger partial charge in [-0.25, -0.2) is 0 Å². The Labute approximate surface area is 128 Å². The predicted molar refractivity (Wildman–Crippen MR) is 87.5 cm³/mol. The quantitative estimate of drug-likeness (QED) is 0.389. The second kappa shape index (κ2) is 9.50. The fourth-order valence-electron chi connectivity index (χ4n) is 2.35. The van der Waals surface area contributed by atoms with Gasteiger partial charge in [0.25, 0.3) is 5.69 Å². The molecule has 0 spiro atoms. The van der Waals surface area contributed by atoms with E-state index in [0.29, 0.717) is 12.1 Å². The predicted octanol–water partition coefficient (Wildman–Crippen LogP) is 4.60. The molecule has 4 heteroatoms. The Kier molecular flexibility index (Phi) is 7.98. The maximum atomic E-state index is 10.9. The van der Waals surface area contributed by atoms with Crippen LogP contribution in [0.4, 0.5) is 5.69 Å². The molecule has 1 rings (SSSR count). The number of nitrogens with zero attached hydrogens (tertiary/aromatic N) is 1. The molecule has 0 saturated carbocycles. The summed E-state index contributed by atoms with van der Waals surface area (Å²) in [6.45, 7) is 7.98. The molecule has 0 bridgehead atoms. The van der Waals surface area contributed by atoms with Crippen LogP contribution in [0.1, 0.15) is 57.1 Å². The molecule has 0 unspecified atom stereocenters. The van der Waals surface area contributed by atoms with Crippen LogP contribution in [0.5, 0.6) is 0 Å². The molecule has 1 N–H and O–H groups in total. The average molecular weight is 292 g/mol. The Morgan fingerprint density at radius 1 is 1.19 bits per heavy atom. The van der Waals surface area contributed by atoms with Crippen LogP contribution in [0.25, 0.3) is 0 Å². The van der Waals surface area contributed by atoms with Crippen LogP contribution in [-0.2, 0) is 6.54 Å². The lowest BCUT2D eigenvalue weighted by molar-refractivity contribution is -0.385. The Bertz CT molecular complexity index is 444. The highest BCUT2D eigenvalue weighted by molar-refractivity contribution is 5.42. The van der Waals surface area contributed by atoms with Crippen molar-refractivity contribution >= 4 is 5.69 Å². The fourth-order valence-corrected chi connectivity index (χ4v) is 2.35. The highest BCUT2D eigenvalue weighted by Gasteiger charge is 2.10. The van der Waals surface area contributed by atoms with Crippen molar-refractivity contribution < 1.29 is 4.92 Å². The zero-order valence-corrected chi connectivity index (χ0v) is 13.5. The number of rotatable bonds is 10. The van der Waals surface area contributed by atoms with E-state index in [4.69, 9.17) is 0 Å². The largest absolute Gasteiger partial charge is 0.313 e. The van der Waals surface area contributed by atoms with Crippen molar-refractivity contribution in [1.82, 2.24) is 5.32 Å². The van der Waals surface area contributed by atoms with Gasteiger partial charge in [0.15, 0.2) is 0 Å². The number of hydrogen-bond donors (Lipinski definition) is 1. The van der Waals surface area contributed by atoms with Crippen molar-refractivity contribution in [2.45, 2.75) is 59.4 Å². The van der Waals surface area contributed by atoms with Crippen molar-refractivity contribution in [3.05, 3.63) is 39.4 Å². The summed E-state index contributed by atoms with van der Waals surface area (Å²) in [5.41, 5.74) is 1.91. The number of unbranched alkanes of at least 4 members (excludes halogenated alkanes) is 3. The highest BCUT2D eigenvalue weighted by Crippen LogP contribution is 2.19. The number of nitro groups is 1. The van der Waals surface area contributed by atoms with E-state index < -0.39 is 0 Å². The van der Waals surface area contributed by atoms with Gasteiger partial charge in [-0.15, -0.1) is 0 Å². The van der Waals surface area contributed by atoms with Crippen LogP contribution in [-0.4, -0.2) is 11.5 Å². The van der Waals surface area contributed by atoms with Crippen molar-refractivity contribution in [1.29, 1.82) is 0 Å². The van der Waals surface area contributed by atoms with Crippen LogP contribution < -0.4 is 5.32 Å². The summed E-state index contributed by atoms with van der Waals surface area (Å²) in [5, 5.41) is 14.2. The number of nitrogens with one attached hydrogen (secondary N) is 1. The lowest BCUT2D eigenvalue weighted by atomic mass is 10.0. The molecule has 0 fully saturated rings. The molecule has 118 valence electrons. The van der Waals surface area contributed by atoms with E-state index in [1.807, 2.05) is 12.1 Å². The molecule has 0 heterocycles. The standard InChI is InChI=1S/C17H28N2O2/c1-14(2)8-6-4-5-7-11-18-13-16-10-9-15(3)17(12-16)19(20)21/h9-10,12,14,18H,4-8,11,13H2,1-3H3. The van der Waals surface area contributed by atoms with E-state index in [-0.39, 0.29) is 10.6 Å². The Balaban J connectivity index is 2.18. The number of hydrogen-bond acceptors (Lipinski definition) is 3. The summed E-state index contributed by atoms with van der Waals surface area (Å²) in [6, 6.07) is 5.45. The molecule has 1 aromatic carbocycles. The smallest absolute Gasteiger partial charge is 0.272 e. The third kappa shape index (κ3) is 7.23. The summed E-state index contributed by atoms with van der Waals surface area (Å²) in [4.78, 5) is 10.6. The summed E-state index contributed by atoms with van der Waals surface area (Å²) < 4.78 is 0. The second-order valence-electron chi connectivity index (χ2n) is 6.15. The van der Waals surface area contributed by atoms with E-state index in [2.05, 4.69) is 19.2 Å². The van der Waals surface area contributed by atoms with E-state index >= 15 is 0 Å². The van der Waals surface area contributed by atoms with E-state index in [9.17, 15) is 10.1 Å². The van der Waals surface area contributed by atoms with E-state index in [1.54, 1.807) is 13.0 Å². The van der Waals surface area contributed by atoms with Gasteiger partial charge in [-0.1, -0.05) is 51.7 Å². The van der Waals surface area contributed by atoms with Crippen molar-refractivity contribution in [2.24, 2.45) is 5.92 Å². The minimum atomic E-state index is -0.312. The number of aryl methyl sites for hydroxylation is 1. The van der Waals surface area contributed by atoms with Gasteiger partial charge < -0.3 is 5.32 Å². The lowest BCUT2D eigenvalue weighted by Crippen LogP contribution is -2.14. The summed E-state index contributed by atoms with van der Waals surface area (Å²) in [7, 11) is 0. The molecule has 0 aromatic heterocycles. The molecule has 0 amide bonds. The Hall–Kier alpha value is -1.42. The summed E-state index contributed by atoms with van der Waals surface area (Å²) in [6.07, 6.45) is 6.37. The average Bonchev–Trinajstić information content (AvgIpc) is 2.42. The SMILES string of the molecule is Cc1ccc(CNCCCCCCC(C)C)cc1[N+](=O)[O-]. The van der Waals surface area contributed by atoms with Gasteiger partial charge in [0, 0.05) is 18.2 Å². The molecule has 0 saturated heterocycles. The third-order valence-corrected chi connectivity index (χ3v) is 3.68. The molecule has 0 atom stereocenters. The zero-order valence-electron chi connectivity index (χ0n) is 13.5. The minimum absolute atomic E-state index is 0.211. The molecule has 0 aliphatic carbocycles. The first-order valence-electron chi connectivity index (χ1n) is 7.95. The second-order valence-corrected chi connectivity index (χ2v) is 6.15. The molecule has 21 heavy (non-hydrogen) atoms. The van der Waals surface area contributed by atoms with Gasteiger partial charge in [0.2, 0.25) is 0 Å². The van der Waals surface area contributed by atoms with E-state index in [0.717, 1.165) is 18.0 Å². The first-order valence-corrected chi connectivity index (χ1v) is 7.95. The van der Waals surface area contributed by atoms with E-state index in [1.165, 1.54) is 32.1 Å². The zero-order chi connectivity index (χ0) is 15.7. The monoisotopic (exact) mass is 292 g/mol. The molecule has 1 aromatic rings. The first-order chi connectivity index (χ1) is 10.0. The normalized spacial score (nSPS) is 11.0. The van der Waals surface area contributed by atoms with Crippen molar-refractivity contribution in [2.75, 3.05) is 6.54 Å². The van der Waals surface area contributed by atoms with Crippen LogP contribution in [0.3, 0.4) is 0 Å². The number of benzene rings is 1. The summed E-state index contributed by atoms with van der Waals surface area (Å²) >= 11 is 0.